The molecule has 0 N–H and O–H groups in total. The molecule has 0 amide bonds. The SMILES string of the molecule is Cc1cc(C(=O)CO/N=C/c2cccc([N+](=O)[O-])c2)c(C)n1Cc1ccccc1. The van der Waals surface area contributed by atoms with Crippen LogP contribution in [0.25, 0.3) is 0 Å². The number of nitro groups is 1. The summed E-state index contributed by atoms with van der Waals surface area (Å²) in [5, 5.41) is 14.5. The Morgan fingerprint density at radius 2 is 1.90 bits per heavy atom. The fraction of sp³-hybridized carbons (Fsp3) is 0.182. The zero-order chi connectivity index (χ0) is 20.8. The molecular weight excluding hydrogens is 370 g/mol. The first-order valence-corrected chi connectivity index (χ1v) is 9.09. The molecule has 0 fully saturated rings. The van der Waals surface area contributed by atoms with Crippen LogP contribution in [0.1, 0.15) is 32.9 Å². The Kier molecular flexibility index (Phi) is 6.19. The van der Waals surface area contributed by atoms with Crippen LogP contribution in [0.3, 0.4) is 0 Å². The number of nitro benzene ring substituents is 1. The second-order valence-electron chi connectivity index (χ2n) is 6.64. The van der Waals surface area contributed by atoms with Gasteiger partial charge in [0.1, 0.15) is 0 Å². The van der Waals surface area contributed by atoms with E-state index in [9.17, 15) is 14.9 Å². The second-order valence-corrected chi connectivity index (χ2v) is 6.64. The van der Waals surface area contributed by atoms with Crippen molar-refractivity contribution in [3.05, 3.63) is 98.9 Å². The van der Waals surface area contributed by atoms with E-state index in [2.05, 4.69) is 9.72 Å². The number of Topliss-reactive ketones (excluding diaryl/α,β-unsaturated/α-hetero) is 1. The summed E-state index contributed by atoms with van der Waals surface area (Å²) in [7, 11) is 0. The largest absolute Gasteiger partial charge is 0.387 e. The van der Waals surface area contributed by atoms with Gasteiger partial charge in [0.05, 0.1) is 11.1 Å². The average Bonchev–Trinajstić information content (AvgIpc) is 3.00. The first-order chi connectivity index (χ1) is 14.0. The van der Waals surface area contributed by atoms with Gasteiger partial charge in [-0.25, -0.2) is 0 Å². The average molecular weight is 391 g/mol. The molecule has 0 unspecified atom stereocenters. The van der Waals surface area contributed by atoms with Crippen LogP contribution in [-0.4, -0.2) is 28.1 Å². The minimum Gasteiger partial charge on any atom is -0.387 e. The van der Waals surface area contributed by atoms with Crippen LogP contribution >= 0.6 is 0 Å². The van der Waals surface area contributed by atoms with E-state index in [1.54, 1.807) is 12.1 Å². The van der Waals surface area contributed by atoms with Gasteiger partial charge in [0.25, 0.3) is 5.69 Å². The minimum atomic E-state index is -0.479. The van der Waals surface area contributed by atoms with Gasteiger partial charge < -0.3 is 9.40 Å². The molecule has 0 aliphatic rings. The van der Waals surface area contributed by atoms with Crippen LogP contribution in [0.2, 0.25) is 0 Å². The Bertz CT molecular complexity index is 1060. The molecule has 0 saturated heterocycles. The predicted octanol–water partition coefficient (Wildman–Crippen LogP) is 4.29. The van der Waals surface area contributed by atoms with E-state index in [0.29, 0.717) is 17.7 Å². The molecule has 1 aromatic heterocycles. The van der Waals surface area contributed by atoms with Crippen LogP contribution in [0.4, 0.5) is 5.69 Å². The lowest BCUT2D eigenvalue weighted by Crippen LogP contribution is -2.09. The highest BCUT2D eigenvalue weighted by atomic mass is 16.6. The van der Waals surface area contributed by atoms with E-state index >= 15 is 0 Å². The number of oxime groups is 1. The maximum Gasteiger partial charge on any atom is 0.270 e. The molecule has 0 spiro atoms. The predicted molar refractivity (Wildman–Crippen MR) is 110 cm³/mol. The van der Waals surface area contributed by atoms with E-state index in [0.717, 1.165) is 17.0 Å². The number of carbonyl (C=O) groups excluding carboxylic acids is 1. The fourth-order valence-electron chi connectivity index (χ4n) is 3.08. The molecule has 29 heavy (non-hydrogen) atoms. The normalized spacial score (nSPS) is 11.0. The summed E-state index contributed by atoms with van der Waals surface area (Å²) in [4.78, 5) is 28.0. The minimum absolute atomic E-state index is 0.0316. The van der Waals surface area contributed by atoms with E-state index in [1.165, 1.54) is 18.3 Å². The number of non-ortho nitro benzene ring substituents is 1. The third-order valence-electron chi connectivity index (χ3n) is 4.61. The van der Waals surface area contributed by atoms with Crippen molar-refractivity contribution in [3.8, 4) is 0 Å². The Labute approximate surface area is 168 Å². The molecule has 7 heteroatoms. The van der Waals surface area contributed by atoms with Crippen molar-refractivity contribution < 1.29 is 14.6 Å². The molecule has 2 aromatic carbocycles. The number of aryl methyl sites for hydroxylation is 1. The van der Waals surface area contributed by atoms with Gasteiger partial charge in [0.15, 0.2) is 6.61 Å². The van der Waals surface area contributed by atoms with Crippen molar-refractivity contribution in [2.24, 2.45) is 5.16 Å². The van der Waals surface area contributed by atoms with E-state index in [4.69, 9.17) is 4.84 Å². The van der Waals surface area contributed by atoms with Gasteiger partial charge >= 0.3 is 0 Å². The monoisotopic (exact) mass is 391 g/mol. The number of rotatable bonds is 8. The lowest BCUT2D eigenvalue weighted by Gasteiger charge is -2.09. The molecule has 0 atom stereocenters. The molecule has 0 radical (unpaired) electrons. The maximum absolute atomic E-state index is 12.5. The summed E-state index contributed by atoms with van der Waals surface area (Å²) >= 11 is 0. The van der Waals surface area contributed by atoms with Crippen molar-refractivity contribution in [3.63, 3.8) is 0 Å². The van der Waals surface area contributed by atoms with Crippen molar-refractivity contribution in [2.75, 3.05) is 6.61 Å². The Hall–Kier alpha value is -3.74. The number of aromatic nitrogens is 1. The Morgan fingerprint density at radius 3 is 2.62 bits per heavy atom. The van der Waals surface area contributed by atoms with Gasteiger partial charge in [-0.3, -0.25) is 14.9 Å². The molecule has 0 saturated carbocycles. The number of hydrogen-bond acceptors (Lipinski definition) is 5. The van der Waals surface area contributed by atoms with E-state index in [-0.39, 0.29) is 18.1 Å². The Balaban J connectivity index is 1.63. The van der Waals surface area contributed by atoms with Crippen LogP contribution in [0.15, 0.2) is 65.8 Å². The van der Waals surface area contributed by atoms with E-state index in [1.807, 2.05) is 50.2 Å². The van der Waals surface area contributed by atoms with Gasteiger partial charge in [-0.2, -0.15) is 0 Å². The smallest absolute Gasteiger partial charge is 0.270 e. The number of ketones is 1. The van der Waals surface area contributed by atoms with Gasteiger partial charge in [-0.05, 0) is 25.5 Å². The molecule has 1 heterocycles. The zero-order valence-electron chi connectivity index (χ0n) is 16.2. The number of carbonyl (C=O) groups is 1. The molecular formula is C22H21N3O4. The summed E-state index contributed by atoms with van der Waals surface area (Å²) < 4.78 is 2.09. The highest BCUT2D eigenvalue weighted by Gasteiger charge is 2.16. The quantitative estimate of drug-likeness (QED) is 0.248. The van der Waals surface area contributed by atoms with Crippen molar-refractivity contribution in [2.45, 2.75) is 20.4 Å². The van der Waals surface area contributed by atoms with Gasteiger partial charge in [0, 0.05) is 41.2 Å². The molecule has 3 aromatic rings. The number of benzene rings is 2. The van der Waals surface area contributed by atoms with Crippen LogP contribution < -0.4 is 0 Å². The van der Waals surface area contributed by atoms with Crippen molar-refractivity contribution in [1.82, 2.24) is 4.57 Å². The maximum atomic E-state index is 12.5. The van der Waals surface area contributed by atoms with Crippen molar-refractivity contribution >= 4 is 17.7 Å². The van der Waals surface area contributed by atoms with Gasteiger partial charge in [-0.1, -0.05) is 47.6 Å². The highest BCUT2D eigenvalue weighted by Crippen LogP contribution is 2.18. The summed E-state index contributed by atoms with van der Waals surface area (Å²) in [5.41, 5.74) is 4.12. The summed E-state index contributed by atoms with van der Waals surface area (Å²) in [6.07, 6.45) is 1.35. The lowest BCUT2D eigenvalue weighted by molar-refractivity contribution is -0.384. The van der Waals surface area contributed by atoms with Crippen LogP contribution in [-0.2, 0) is 11.4 Å². The molecule has 0 bridgehead atoms. The molecule has 7 nitrogen and oxygen atoms in total. The third-order valence-corrected chi connectivity index (χ3v) is 4.61. The third kappa shape index (κ3) is 4.95. The summed E-state index contributed by atoms with van der Waals surface area (Å²) in [5.74, 6) is -0.173. The standard InChI is InChI=1S/C22H21N3O4/c1-16-11-21(17(2)24(16)14-18-7-4-3-5-8-18)22(26)15-29-23-13-19-9-6-10-20(12-19)25(27)28/h3-13H,14-15H2,1-2H3/b23-13+. The first-order valence-electron chi connectivity index (χ1n) is 9.09. The molecule has 0 aliphatic heterocycles. The number of hydrogen-bond donors (Lipinski definition) is 0. The van der Waals surface area contributed by atoms with Gasteiger partial charge in [-0.15, -0.1) is 0 Å². The summed E-state index contributed by atoms with van der Waals surface area (Å²) in [6.45, 7) is 4.36. The van der Waals surface area contributed by atoms with Crippen LogP contribution in [0, 0.1) is 24.0 Å². The Morgan fingerprint density at radius 1 is 1.14 bits per heavy atom. The van der Waals surface area contributed by atoms with E-state index < -0.39 is 4.92 Å². The molecule has 0 aliphatic carbocycles. The van der Waals surface area contributed by atoms with Crippen molar-refractivity contribution in [1.29, 1.82) is 0 Å². The first kappa shape index (κ1) is 20.0. The summed E-state index contributed by atoms with van der Waals surface area (Å²) in [6, 6.07) is 17.9. The zero-order valence-corrected chi connectivity index (χ0v) is 16.2. The second kappa shape index (κ2) is 8.97. The number of nitrogens with zero attached hydrogens (tertiary/aromatic N) is 3. The fourth-order valence-corrected chi connectivity index (χ4v) is 3.08. The highest BCUT2D eigenvalue weighted by molar-refractivity contribution is 5.98. The topological polar surface area (TPSA) is 86.7 Å². The molecule has 148 valence electrons. The van der Waals surface area contributed by atoms with Crippen LogP contribution in [0.5, 0.6) is 0 Å². The van der Waals surface area contributed by atoms with Gasteiger partial charge in [0.2, 0.25) is 5.78 Å². The lowest BCUT2D eigenvalue weighted by atomic mass is 10.1. The molecule has 3 rings (SSSR count).